The van der Waals surface area contributed by atoms with Crippen molar-refractivity contribution in [2.45, 2.75) is 25.3 Å². The molecule has 0 fully saturated rings. The lowest BCUT2D eigenvalue weighted by molar-refractivity contribution is 0.00887. The highest BCUT2D eigenvalue weighted by Gasteiger charge is 2.26. The van der Waals surface area contributed by atoms with Crippen molar-refractivity contribution < 1.29 is 4.74 Å². The summed E-state index contributed by atoms with van der Waals surface area (Å²) in [6, 6.07) is 0. The van der Waals surface area contributed by atoms with Crippen LogP contribution in [0.2, 0.25) is 0 Å². The zero-order valence-corrected chi connectivity index (χ0v) is 9.09. The molecule has 5 heteroatoms. The Morgan fingerprint density at radius 1 is 1.46 bits per heavy atom. The molecule has 0 aliphatic heterocycles. The van der Waals surface area contributed by atoms with Crippen molar-refractivity contribution >= 4 is 11.6 Å². The molecule has 0 saturated carbocycles. The van der Waals surface area contributed by atoms with E-state index >= 15 is 0 Å². The van der Waals surface area contributed by atoms with Gasteiger partial charge in [0.05, 0.1) is 5.88 Å². The predicted octanol–water partition coefficient (Wildman–Crippen LogP) is 1.44. The van der Waals surface area contributed by atoms with Crippen LogP contribution in [0.1, 0.15) is 25.5 Å². The van der Waals surface area contributed by atoms with E-state index in [1.165, 1.54) is 0 Å². The van der Waals surface area contributed by atoms with Crippen LogP contribution in [0.25, 0.3) is 0 Å². The number of nitrogens with zero attached hydrogens (tertiary/aromatic N) is 3. The maximum atomic E-state index is 5.67. The fourth-order valence-corrected chi connectivity index (χ4v) is 1.33. The first-order valence-corrected chi connectivity index (χ1v) is 4.56. The number of rotatable bonds is 3. The van der Waals surface area contributed by atoms with Crippen LogP contribution in [0.15, 0.2) is 0 Å². The topological polar surface area (TPSA) is 39.9 Å². The van der Waals surface area contributed by atoms with Crippen molar-refractivity contribution in [2.24, 2.45) is 7.05 Å². The Morgan fingerprint density at radius 3 is 2.46 bits per heavy atom. The van der Waals surface area contributed by atoms with E-state index in [2.05, 4.69) is 10.2 Å². The van der Waals surface area contributed by atoms with Gasteiger partial charge in [0.1, 0.15) is 11.4 Å². The minimum absolute atomic E-state index is 0.364. The van der Waals surface area contributed by atoms with Crippen molar-refractivity contribution in [3.63, 3.8) is 0 Å². The van der Waals surface area contributed by atoms with Crippen molar-refractivity contribution in [2.75, 3.05) is 7.11 Å². The molecule has 0 saturated heterocycles. The molecule has 0 spiro atoms. The predicted molar refractivity (Wildman–Crippen MR) is 50.6 cm³/mol. The van der Waals surface area contributed by atoms with Crippen LogP contribution < -0.4 is 0 Å². The standard InChI is InChI=1S/C8H14ClN3O/c1-8(2,13-4)7-11-10-6(5-9)12(7)3/h5H2,1-4H3. The molecule has 0 aliphatic rings. The third-order valence-corrected chi connectivity index (χ3v) is 2.37. The Kier molecular flexibility index (Phi) is 2.93. The lowest BCUT2D eigenvalue weighted by Gasteiger charge is -2.21. The van der Waals surface area contributed by atoms with Gasteiger partial charge in [0.15, 0.2) is 5.82 Å². The SMILES string of the molecule is COC(C)(C)c1nnc(CCl)n1C. The van der Waals surface area contributed by atoms with Gasteiger partial charge in [-0.25, -0.2) is 0 Å². The highest BCUT2D eigenvalue weighted by molar-refractivity contribution is 6.16. The monoisotopic (exact) mass is 203 g/mol. The number of aromatic nitrogens is 3. The zero-order chi connectivity index (χ0) is 10.1. The van der Waals surface area contributed by atoms with Crippen molar-refractivity contribution in [1.82, 2.24) is 14.8 Å². The normalized spacial score (nSPS) is 12.1. The summed E-state index contributed by atoms with van der Waals surface area (Å²) in [6.07, 6.45) is 0. The molecule has 13 heavy (non-hydrogen) atoms. The minimum Gasteiger partial charge on any atom is -0.371 e. The van der Waals surface area contributed by atoms with Crippen molar-refractivity contribution in [1.29, 1.82) is 0 Å². The number of hydrogen-bond acceptors (Lipinski definition) is 3. The third kappa shape index (κ3) is 1.84. The number of ether oxygens (including phenoxy) is 1. The van der Waals surface area contributed by atoms with Crippen LogP contribution in [0.3, 0.4) is 0 Å². The summed E-state index contributed by atoms with van der Waals surface area (Å²) in [6.45, 7) is 3.88. The van der Waals surface area contributed by atoms with E-state index in [4.69, 9.17) is 16.3 Å². The molecule has 1 rings (SSSR count). The first-order valence-electron chi connectivity index (χ1n) is 4.02. The zero-order valence-electron chi connectivity index (χ0n) is 8.33. The molecule has 1 aromatic heterocycles. The molecule has 74 valence electrons. The lowest BCUT2D eigenvalue weighted by atomic mass is 10.1. The second kappa shape index (κ2) is 3.64. The van der Waals surface area contributed by atoms with Crippen LogP contribution in [-0.2, 0) is 23.3 Å². The van der Waals surface area contributed by atoms with E-state index in [1.807, 2.05) is 25.5 Å². The van der Waals surface area contributed by atoms with Crippen LogP contribution in [0.4, 0.5) is 0 Å². The Balaban J connectivity index is 3.09. The van der Waals surface area contributed by atoms with Crippen LogP contribution in [0.5, 0.6) is 0 Å². The van der Waals surface area contributed by atoms with Gasteiger partial charge in [-0.15, -0.1) is 21.8 Å². The van der Waals surface area contributed by atoms with Gasteiger partial charge >= 0.3 is 0 Å². The fourth-order valence-electron chi connectivity index (χ4n) is 1.09. The average molecular weight is 204 g/mol. The van der Waals surface area contributed by atoms with E-state index in [9.17, 15) is 0 Å². The van der Waals surface area contributed by atoms with Gasteiger partial charge < -0.3 is 9.30 Å². The third-order valence-electron chi connectivity index (χ3n) is 2.13. The molecule has 0 amide bonds. The van der Waals surface area contributed by atoms with E-state index < -0.39 is 5.60 Å². The molecule has 0 aliphatic carbocycles. The Morgan fingerprint density at radius 2 is 2.08 bits per heavy atom. The van der Waals surface area contributed by atoms with Gasteiger partial charge in [0.2, 0.25) is 0 Å². The smallest absolute Gasteiger partial charge is 0.164 e. The minimum atomic E-state index is -0.425. The largest absolute Gasteiger partial charge is 0.371 e. The summed E-state index contributed by atoms with van der Waals surface area (Å²) in [5, 5.41) is 7.98. The first kappa shape index (κ1) is 10.5. The highest BCUT2D eigenvalue weighted by Crippen LogP contribution is 2.21. The molecular formula is C8H14ClN3O. The molecule has 0 radical (unpaired) electrons. The number of hydrogen-bond donors (Lipinski definition) is 0. The molecular weight excluding hydrogens is 190 g/mol. The van der Waals surface area contributed by atoms with Crippen LogP contribution in [-0.4, -0.2) is 21.9 Å². The maximum Gasteiger partial charge on any atom is 0.164 e. The average Bonchev–Trinajstić information content (AvgIpc) is 2.47. The molecule has 0 atom stereocenters. The van der Waals surface area contributed by atoms with Crippen molar-refractivity contribution in [3.8, 4) is 0 Å². The summed E-state index contributed by atoms with van der Waals surface area (Å²) in [4.78, 5) is 0. The summed E-state index contributed by atoms with van der Waals surface area (Å²) in [5.74, 6) is 1.90. The second-order valence-electron chi connectivity index (χ2n) is 3.35. The second-order valence-corrected chi connectivity index (χ2v) is 3.61. The van der Waals surface area contributed by atoms with Gasteiger partial charge in [0, 0.05) is 14.2 Å². The number of alkyl halides is 1. The molecule has 1 aromatic rings. The van der Waals surface area contributed by atoms with Gasteiger partial charge in [-0.2, -0.15) is 0 Å². The Bertz CT molecular complexity index is 296. The van der Waals surface area contributed by atoms with E-state index in [0.29, 0.717) is 5.88 Å². The molecule has 0 unspecified atom stereocenters. The molecule has 1 heterocycles. The molecule has 0 aromatic carbocycles. The van der Waals surface area contributed by atoms with Crippen molar-refractivity contribution in [3.05, 3.63) is 11.6 Å². The van der Waals surface area contributed by atoms with Crippen LogP contribution >= 0.6 is 11.6 Å². The van der Waals surface area contributed by atoms with Gasteiger partial charge in [-0.1, -0.05) is 0 Å². The highest BCUT2D eigenvalue weighted by atomic mass is 35.5. The summed E-state index contributed by atoms with van der Waals surface area (Å²) >= 11 is 5.67. The molecule has 4 nitrogen and oxygen atoms in total. The summed E-state index contributed by atoms with van der Waals surface area (Å²) < 4.78 is 7.15. The number of methoxy groups -OCH3 is 1. The van der Waals surface area contributed by atoms with Gasteiger partial charge in [-0.3, -0.25) is 0 Å². The lowest BCUT2D eigenvalue weighted by Crippen LogP contribution is -2.24. The maximum absolute atomic E-state index is 5.67. The fraction of sp³-hybridized carbons (Fsp3) is 0.750. The summed E-state index contributed by atoms with van der Waals surface area (Å²) in [5.41, 5.74) is -0.425. The quantitative estimate of drug-likeness (QED) is 0.698. The van der Waals surface area contributed by atoms with E-state index in [0.717, 1.165) is 11.6 Å². The number of halogens is 1. The Hall–Kier alpha value is -0.610. The first-order chi connectivity index (χ1) is 6.03. The molecule has 0 N–H and O–H groups in total. The van der Waals surface area contributed by atoms with Gasteiger partial charge in [0.25, 0.3) is 0 Å². The van der Waals surface area contributed by atoms with E-state index in [-0.39, 0.29) is 0 Å². The van der Waals surface area contributed by atoms with E-state index in [1.54, 1.807) is 7.11 Å². The molecule has 0 bridgehead atoms. The van der Waals surface area contributed by atoms with Crippen LogP contribution in [0, 0.1) is 0 Å². The van der Waals surface area contributed by atoms with Gasteiger partial charge in [-0.05, 0) is 13.8 Å². The summed E-state index contributed by atoms with van der Waals surface area (Å²) in [7, 11) is 3.53. The Labute approximate surface area is 82.9 Å².